The van der Waals surface area contributed by atoms with Gasteiger partial charge in [0.05, 0.1) is 21.7 Å². The van der Waals surface area contributed by atoms with Crippen molar-refractivity contribution in [1.82, 2.24) is 14.9 Å². The molecule has 0 radical (unpaired) electrons. The zero-order chi connectivity index (χ0) is 21.0. The molecule has 0 bridgehead atoms. The Morgan fingerprint density at radius 1 is 1.34 bits per heavy atom. The summed E-state index contributed by atoms with van der Waals surface area (Å²) in [4.78, 5) is 17.1. The third-order valence-electron chi connectivity index (χ3n) is 5.54. The Bertz CT molecular complexity index is 972. The molecule has 1 fully saturated rings. The summed E-state index contributed by atoms with van der Waals surface area (Å²) in [7, 11) is -3.78. The summed E-state index contributed by atoms with van der Waals surface area (Å²) in [5.74, 6) is 0.831. The fourth-order valence-electron chi connectivity index (χ4n) is 3.82. The number of unbranched alkanes of at least 4 members (excludes halogenated alkanes) is 1. The Morgan fingerprint density at radius 3 is 2.79 bits per heavy atom. The first-order valence-corrected chi connectivity index (χ1v) is 12.8. The maximum Gasteiger partial charge on any atom is 0.238 e. The number of primary sulfonamides is 1. The molecule has 3 N–H and O–H groups in total. The lowest BCUT2D eigenvalue weighted by atomic mass is 9.86. The summed E-state index contributed by atoms with van der Waals surface area (Å²) in [6.45, 7) is 5.08. The van der Waals surface area contributed by atoms with Crippen molar-refractivity contribution in [3.05, 3.63) is 18.2 Å². The first-order valence-electron chi connectivity index (χ1n) is 10.2. The number of aromatic nitrogens is 2. The van der Waals surface area contributed by atoms with Gasteiger partial charge in [-0.15, -0.1) is 0 Å². The average molecular weight is 439 g/mol. The first-order chi connectivity index (χ1) is 13.8. The number of benzene rings is 1. The van der Waals surface area contributed by atoms with Crippen LogP contribution in [0.5, 0.6) is 0 Å². The lowest BCUT2D eigenvalue weighted by Crippen LogP contribution is -2.41. The second kappa shape index (κ2) is 9.49. The number of nitrogens with zero attached hydrogens (tertiary/aromatic N) is 2. The number of sulfonamides is 1. The molecule has 1 aliphatic carbocycles. The van der Waals surface area contributed by atoms with E-state index in [1.807, 2.05) is 0 Å². The SMILES string of the molecule is CCCCn1c(SCC(=O)N[C@@H]2CCCC[C@@H]2C)nc2cc(S(N)(=O)=O)ccc21. The van der Waals surface area contributed by atoms with Crippen LogP contribution >= 0.6 is 11.8 Å². The number of carbonyl (C=O) groups is 1. The van der Waals surface area contributed by atoms with Gasteiger partial charge in [-0.1, -0.05) is 44.9 Å². The molecule has 0 aliphatic heterocycles. The number of aryl methyl sites for hydroxylation is 1. The topological polar surface area (TPSA) is 107 Å². The van der Waals surface area contributed by atoms with Gasteiger partial charge in [0.1, 0.15) is 0 Å². The van der Waals surface area contributed by atoms with Crippen LogP contribution in [0.25, 0.3) is 11.0 Å². The predicted molar refractivity (Wildman–Crippen MR) is 116 cm³/mol. The molecule has 3 rings (SSSR count). The van der Waals surface area contributed by atoms with Gasteiger partial charge in [-0.3, -0.25) is 4.79 Å². The van der Waals surface area contributed by atoms with E-state index in [2.05, 4.69) is 28.7 Å². The van der Waals surface area contributed by atoms with Crippen molar-refractivity contribution in [1.29, 1.82) is 0 Å². The minimum Gasteiger partial charge on any atom is -0.352 e. The highest BCUT2D eigenvalue weighted by Crippen LogP contribution is 2.27. The molecule has 29 heavy (non-hydrogen) atoms. The summed E-state index contributed by atoms with van der Waals surface area (Å²) in [5, 5.41) is 9.15. The maximum absolute atomic E-state index is 12.5. The molecule has 160 valence electrons. The van der Waals surface area contributed by atoms with Crippen molar-refractivity contribution in [2.75, 3.05) is 5.75 Å². The molecule has 0 saturated heterocycles. The van der Waals surface area contributed by atoms with Crippen LogP contribution in [0.1, 0.15) is 52.4 Å². The van der Waals surface area contributed by atoms with Gasteiger partial charge in [-0.05, 0) is 43.4 Å². The van der Waals surface area contributed by atoms with Crippen LogP contribution < -0.4 is 10.5 Å². The summed E-state index contributed by atoms with van der Waals surface area (Å²) >= 11 is 1.39. The van der Waals surface area contributed by atoms with E-state index in [-0.39, 0.29) is 16.8 Å². The Labute approximate surface area is 176 Å². The smallest absolute Gasteiger partial charge is 0.238 e. The van der Waals surface area contributed by atoms with Crippen LogP contribution in [0.2, 0.25) is 0 Å². The van der Waals surface area contributed by atoms with Gasteiger partial charge >= 0.3 is 0 Å². The van der Waals surface area contributed by atoms with Crippen LogP contribution in [-0.4, -0.2) is 35.7 Å². The number of amides is 1. The highest BCUT2D eigenvalue weighted by molar-refractivity contribution is 7.99. The molecule has 1 heterocycles. The third-order valence-corrected chi connectivity index (χ3v) is 7.43. The lowest BCUT2D eigenvalue weighted by molar-refractivity contribution is -0.119. The maximum atomic E-state index is 12.5. The van der Waals surface area contributed by atoms with Gasteiger partial charge in [0.15, 0.2) is 5.16 Å². The van der Waals surface area contributed by atoms with Crippen molar-refractivity contribution < 1.29 is 13.2 Å². The van der Waals surface area contributed by atoms with E-state index in [0.29, 0.717) is 17.2 Å². The van der Waals surface area contributed by atoms with E-state index in [9.17, 15) is 13.2 Å². The van der Waals surface area contributed by atoms with E-state index in [4.69, 9.17) is 5.14 Å². The molecule has 1 amide bonds. The molecule has 7 nitrogen and oxygen atoms in total. The second-order valence-corrected chi connectivity index (χ2v) is 10.3. The van der Waals surface area contributed by atoms with Crippen molar-refractivity contribution in [3.8, 4) is 0 Å². The third kappa shape index (κ3) is 5.52. The number of nitrogens with one attached hydrogen (secondary N) is 1. The van der Waals surface area contributed by atoms with Crippen molar-refractivity contribution in [2.24, 2.45) is 11.1 Å². The standard InChI is InChI=1S/C20H30N4O3S2/c1-3-4-11-24-18-10-9-15(29(21,26)27)12-17(18)23-20(24)28-13-19(25)22-16-8-6-5-7-14(16)2/h9-10,12,14,16H,3-8,11,13H2,1-2H3,(H,22,25)(H2,21,26,27)/t14-,16+/m0/s1. The van der Waals surface area contributed by atoms with Crippen LogP contribution in [0.15, 0.2) is 28.3 Å². The zero-order valence-corrected chi connectivity index (χ0v) is 18.7. The fraction of sp³-hybridized carbons (Fsp3) is 0.600. The molecular formula is C20H30N4O3S2. The number of hydrogen-bond donors (Lipinski definition) is 2. The average Bonchev–Trinajstić information content (AvgIpc) is 3.02. The lowest BCUT2D eigenvalue weighted by Gasteiger charge is -2.29. The Hall–Kier alpha value is -1.58. The van der Waals surface area contributed by atoms with E-state index < -0.39 is 10.0 Å². The van der Waals surface area contributed by atoms with Gasteiger partial charge in [-0.2, -0.15) is 0 Å². The Morgan fingerprint density at radius 2 is 2.10 bits per heavy atom. The first kappa shape index (κ1) is 22.1. The van der Waals surface area contributed by atoms with Gasteiger partial charge < -0.3 is 9.88 Å². The van der Waals surface area contributed by atoms with Gasteiger partial charge in [0, 0.05) is 12.6 Å². The highest BCUT2D eigenvalue weighted by atomic mass is 32.2. The molecule has 1 saturated carbocycles. The van der Waals surface area contributed by atoms with E-state index in [0.717, 1.165) is 42.9 Å². The molecule has 1 aromatic heterocycles. The summed E-state index contributed by atoms with van der Waals surface area (Å²) < 4.78 is 25.4. The van der Waals surface area contributed by atoms with Crippen molar-refractivity contribution in [2.45, 2.75) is 75.0 Å². The van der Waals surface area contributed by atoms with Crippen LogP contribution in [0.4, 0.5) is 0 Å². The molecule has 9 heteroatoms. The summed E-state index contributed by atoms with van der Waals surface area (Å²) in [6.07, 6.45) is 6.62. The normalized spacial score (nSPS) is 20.1. The van der Waals surface area contributed by atoms with E-state index >= 15 is 0 Å². The van der Waals surface area contributed by atoms with Gasteiger partial charge in [-0.25, -0.2) is 18.5 Å². The number of fused-ring (bicyclic) bond motifs is 1. The number of imidazole rings is 1. The summed E-state index contributed by atoms with van der Waals surface area (Å²) in [5.41, 5.74) is 1.44. The minimum absolute atomic E-state index is 0.0214. The van der Waals surface area contributed by atoms with Gasteiger partial charge in [0.2, 0.25) is 15.9 Å². The monoisotopic (exact) mass is 438 g/mol. The number of nitrogens with two attached hydrogens (primary N) is 1. The largest absolute Gasteiger partial charge is 0.352 e. The molecule has 2 atom stereocenters. The van der Waals surface area contributed by atoms with E-state index in [1.165, 1.54) is 36.7 Å². The highest BCUT2D eigenvalue weighted by Gasteiger charge is 2.23. The van der Waals surface area contributed by atoms with Crippen molar-refractivity contribution >= 4 is 38.7 Å². The second-order valence-electron chi connectivity index (χ2n) is 7.82. The minimum atomic E-state index is -3.78. The molecular weight excluding hydrogens is 408 g/mol. The molecule has 1 aromatic carbocycles. The van der Waals surface area contributed by atoms with Gasteiger partial charge in [0.25, 0.3) is 0 Å². The number of thioether (sulfide) groups is 1. The number of hydrogen-bond acceptors (Lipinski definition) is 5. The van der Waals surface area contributed by atoms with Crippen molar-refractivity contribution in [3.63, 3.8) is 0 Å². The Kier molecular flexibility index (Phi) is 7.23. The summed E-state index contributed by atoms with van der Waals surface area (Å²) in [6, 6.07) is 5.01. The molecule has 0 spiro atoms. The predicted octanol–water partition coefficient (Wildman–Crippen LogP) is 3.27. The Balaban J connectivity index is 1.76. The van der Waals surface area contributed by atoms with Crippen LogP contribution in [-0.2, 0) is 21.4 Å². The quantitative estimate of drug-likeness (QED) is 0.615. The molecule has 0 unspecified atom stereocenters. The number of carbonyl (C=O) groups excluding carboxylic acids is 1. The van der Waals surface area contributed by atoms with Crippen LogP contribution in [0, 0.1) is 5.92 Å². The van der Waals surface area contributed by atoms with E-state index in [1.54, 1.807) is 6.07 Å². The molecule has 2 aromatic rings. The van der Waals surface area contributed by atoms with Crippen LogP contribution in [0.3, 0.4) is 0 Å². The number of rotatable bonds is 8. The zero-order valence-electron chi connectivity index (χ0n) is 17.1. The molecule has 1 aliphatic rings. The fourth-order valence-corrected chi connectivity index (χ4v) is 5.20.